The fourth-order valence-electron chi connectivity index (χ4n) is 7.52. The molecule has 0 heterocycles. The van der Waals surface area contributed by atoms with Gasteiger partial charge in [0.1, 0.15) is 9.79 Å². The number of rotatable bonds is 17. The van der Waals surface area contributed by atoms with E-state index >= 15 is 0 Å². The number of hydrogen-bond acceptors (Lipinski definition) is 16. The summed E-state index contributed by atoms with van der Waals surface area (Å²) in [6.07, 6.45) is 0. The van der Waals surface area contributed by atoms with Gasteiger partial charge in [-0.05, 0) is 115 Å². The molecule has 0 saturated carbocycles. The quantitative estimate of drug-likeness (QED) is 0.0175. The molecule has 0 aliphatic heterocycles. The molecule has 8 rings (SSSR count). The fourth-order valence-corrected chi connectivity index (χ4v) is 9.97. The number of nitrogens with one attached hydrogen (secondary N) is 6. The highest BCUT2D eigenvalue weighted by molar-refractivity contribution is 7.95. The molecule has 8 aromatic rings. The highest BCUT2D eigenvalue weighted by Gasteiger charge is 2.21. The summed E-state index contributed by atoms with van der Waals surface area (Å²) in [4.78, 5) is 66.3. The van der Waals surface area contributed by atoms with E-state index in [1.165, 1.54) is 152 Å². The number of carbonyl (C=O) groups excluding carboxylic acids is 5. The van der Waals surface area contributed by atoms with Gasteiger partial charge < -0.3 is 31.9 Å². The Kier molecular flexibility index (Phi) is 16.2. The summed E-state index contributed by atoms with van der Waals surface area (Å²) in [5.41, 5.74) is 1.30. The Morgan fingerprint density at radius 1 is 0.387 bits per heavy atom. The van der Waals surface area contributed by atoms with Gasteiger partial charge in [0.2, 0.25) is 0 Å². The maximum atomic E-state index is 13.4. The minimum absolute atomic E-state index is 0.0285. The molecule has 0 aliphatic rings. The van der Waals surface area contributed by atoms with Crippen LogP contribution in [0.15, 0.2) is 177 Å². The van der Waals surface area contributed by atoms with Gasteiger partial charge >= 0.3 is 6.03 Å². The van der Waals surface area contributed by atoms with Crippen LogP contribution in [0.25, 0.3) is 21.5 Å². The first-order chi connectivity index (χ1) is 35.9. The molecule has 10 N–H and O–H groups in total. The zero-order chi connectivity index (χ0) is 53.4. The minimum Gasteiger partial charge on any atom is -0.322 e. The summed E-state index contributed by atoms with van der Waals surface area (Å²) < 4.78 is 77.3. The third-order valence-corrected chi connectivity index (χ3v) is 13.8. The molecule has 26 heteroatoms. The molecule has 8 aromatic carbocycles. The Bertz CT molecular complexity index is 3830. The summed E-state index contributed by atoms with van der Waals surface area (Å²) in [5.74, 6) is -2.59. The summed E-state index contributed by atoms with van der Waals surface area (Å²) in [5, 5.41) is 37.9. The first-order valence-corrected chi connectivity index (χ1v) is 25.7. The van der Waals surface area contributed by atoms with Gasteiger partial charge in [0.05, 0.1) is 24.1 Å². The lowest BCUT2D eigenvalue weighted by atomic mass is 10.1. The van der Waals surface area contributed by atoms with E-state index in [1.54, 1.807) is 0 Å². The van der Waals surface area contributed by atoms with Crippen LogP contribution >= 0.6 is 24.1 Å². The number of amides is 6. The second-order valence-electron chi connectivity index (χ2n) is 15.7. The number of carbonyl (C=O) groups is 5. The molecule has 6 amide bonds. The monoisotopic (exact) mass is 1090 g/mol. The smallest absolute Gasteiger partial charge is 0.322 e. The van der Waals surface area contributed by atoms with Gasteiger partial charge in [-0.25, -0.2) is 15.3 Å². The lowest BCUT2D eigenvalue weighted by Crippen LogP contribution is -2.20. The van der Waals surface area contributed by atoms with Crippen molar-refractivity contribution in [3.05, 3.63) is 180 Å². The molecule has 0 bridgehead atoms. The van der Waals surface area contributed by atoms with Gasteiger partial charge in [0.25, 0.3) is 43.9 Å². The minimum atomic E-state index is -4.79. The van der Waals surface area contributed by atoms with Gasteiger partial charge in [-0.15, -0.1) is 4.33 Å². The van der Waals surface area contributed by atoms with Crippen molar-refractivity contribution in [3.8, 4) is 0 Å². The number of hydrogen-bond donors (Lipinski definition) is 10. The Labute approximate surface area is 433 Å². The number of urea groups is 1. The molecule has 0 aromatic heterocycles. The highest BCUT2D eigenvalue weighted by atomic mass is 32.2. The van der Waals surface area contributed by atoms with E-state index in [9.17, 15) is 49.9 Å². The standard InChI is InChI=1S/C49H36N6O16S4/c56-45(50-31-11-1-7-27(19-31)47(58)52-35-24-40-37(42(25-35)72-70-62)15-6-18-43(40)74(63,64)65)29-9-3-13-33(21-29)54-49(60)55-34-14-4-10-30(22-34)46(57)51-32-12-2-8-28(20-32)48(59)53-36-23-39-38(44(26-36)75(66,67)68)16-5-17-41(39)73-71-69-61/h1-26,61-62H,(H,50,56)(H,51,57)(H,52,58)(H,53,59)(H2,54,55,60)(H,63,64,65)(H,66,67,68). The zero-order valence-electron chi connectivity index (χ0n) is 37.8. The molecule has 382 valence electrons. The lowest BCUT2D eigenvalue weighted by molar-refractivity contribution is -0.432. The molecule has 22 nitrogen and oxygen atoms in total. The van der Waals surface area contributed by atoms with Crippen LogP contribution in [0.2, 0.25) is 0 Å². The van der Waals surface area contributed by atoms with Crippen LogP contribution < -0.4 is 31.9 Å². The van der Waals surface area contributed by atoms with E-state index in [4.69, 9.17) is 10.5 Å². The van der Waals surface area contributed by atoms with Crippen LogP contribution in [0.4, 0.5) is 38.9 Å². The van der Waals surface area contributed by atoms with Crippen molar-refractivity contribution < 1.29 is 74.1 Å². The fraction of sp³-hybridized carbons (Fsp3) is 0. The van der Waals surface area contributed by atoms with Crippen LogP contribution in [0, 0.1) is 0 Å². The molecular weight excluding hydrogens is 1060 g/mol. The van der Waals surface area contributed by atoms with Gasteiger partial charge in [-0.1, -0.05) is 53.6 Å². The van der Waals surface area contributed by atoms with Crippen molar-refractivity contribution in [2.45, 2.75) is 19.6 Å². The SMILES string of the molecule is O=C(Nc1cccc(C(=O)Nc2cccc(C(=O)Nc3cc(S(=O)(=O)O)c4cccc(SOOO)c4c3)c2)c1)Nc1cccc(C(=O)Nc2cccc(C(=O)Nc3cc(SOO)c4cccc(S(=O)(=O)O)c4c3)c2)c1. The number of fused-ring (bicyclic) bond motifs is 2. The van der Waals surface area contributed by atoms with Gasteiger partial charge in [0, 0.05) is 82.3 Å². The first kappa shape index (κ1) is 53.1. The van der Waals surface area contributed by atoms with Crippen LogP contribution in [0.3, 0.4) is 0 Å². The number of anilines is 6. The Balaban J connectivity index is 0.879. The predicted octanol–water partition coefficient (Wildman–Crippen LogP) is 10.1. The average Bonchev–Trinajstić information content (AvgIpc) is 3.37. The molecular formula is C49H36N6O16S4. The van der Waals surface area contributed by atoms with E-state index in [0.717, 1.165) is 6.07 Å². The maximum Gasteiger partial charge on any atom is 0.323 e. The summed E-state index contributed by atoms with van der Waals surface area (Å²) >= 11 is 1.03. The third kappa shape index (κ3) is 13.1. The van der Waals surface area contributed by atoms with E-state index in [-0.39, 0.29) is 82.3 Å². The van der Waals surface area contributed by atoms with Gasteiger partial charge in [-0.2, -0.15) is 21.2 Å². The normalized spacial score (nSPS) is 11.4. The average molecular weight is 1090 g/mol. The van der Waals surface area contributed by atoms with Crippen molar-refractivity contribution in [1.82, 2.24) is 0 Å². The van der Waals surface area contributed by atoms with E-state index in [0.29, 0.717) is 29.5 Å². The molecule has 0 radical (unpaired) electrons. The molecule has 0 aliphatic carbocycles. The summed E-state index contributed by atoms with van der Waals surface area (Å²) in [6.45, 7) is 0. The topological polar surface area (TPSA) is 334 Å². The van der Waals surface area contributed by atoms with Crippen molar-refractivity contribution >= 4 is 130 Å². The molecule has 0 unspecified atom stereocenters. The van der Waals surface area contributed by atoms with Crippen molar-refractivity contribution in [2.24, 2.45) is 0 Å². The highest BCUT2D eigenvalue weighted by Crippen LogP contribution is 2.37. The Morgan fingerprint density at radius 2 is 0.800 bits per heavy atom. The van der Waals surface area contributed by atoms with Crippen LogP contribution in [-0.2, 0) is 33.9 Å². The van der Waals surface area contributed by atoms with Crippen LogP contribution in [-0.4, -0.2) is 66.1 Å². The number of benzene rings is 8. The third-order valence-electron chi connectivity index (χ3n) is 10.7. The van der Waals surface area contributed by atoms with Crippen molar-refractivity contribution in [2.75, 3.05) is 31.9 Å². The molecule has 0 saturated heterocycles. The Morgan fingerprint density at radius 3 is 1.27 bits per heavy atom. The van der Waals surface area contributed by atoms with Gasteiger partial charge in [-0.3, -0.25) is 28.3 Å². The zero-order valence-corrected chi connectivity index (χ0v) is 41.1. The summed E-state index contributed by atoms with van der Waals surface area (Å²) in [7, 11) is -9.47. The van der Waals surface area contributed by atoms with Crippen molar-refractivity contribution in [3.63, 3.8) is 0 Å². The van der Waals surface area contributed by atoms with E-state index in [2.05, 4.69) is 45.6 Å². The lowest BCUT2D eigenvalue weighted by Gasteiger charge is -2.13. The van der Waals surface area contributed by atoms with Crippen LogP contribution in [0.5, 0.6) is 0 Å². The predicted molar refractivity (Wildman–Crippen MR) is 278 cm³/mol. The summed E-state index contributed by atoms with van der Waals surface area (Å²) in [6, 6.07) is 36.6. The molecule has 0 spiro atoms. The van der Waals surface area contributed by atoms with Crippen LogP contribution in [0.1, 0.15) is 41.4 Å². The second-order valence-corrected chi connectivity index (χ2v) is 20.0. The Hall–Kier alpha value is -8.25. The molecule has 0 atom stereocenters. The van der Waals surface area contributed by atoms with E-state index < -0.39 is 59.7 Å². The molecule has 75 heavy (non-hydrogen) atoms. The molecule has 0 fully saturated rings. The van der Waals surface area contributed by atoms with Gasteiger partial charge in [0.15, 0.2) is 0 Å². The second kappa shape index (κ2) is 22.9. The maximum absolute atomic E-state index is 13.4. The first-order valence-electron chi connectivity index (χ1n) is 21.3. The largest absolute Gasteiger partial charge is 0.323 e. The van der Waals surface area contributed by atoms with Crippen molar-refractivity contribution in [1.29, 1.82) is 0 Å². The van der Waals surface area contributed by atoms with E-state index in [1.807, 2.05) is 0 Å².